The molecule has 0 bridgehead atoms. The summed E-state index contributed by atoms with van der Waals surface area (Å²) in [6, 6.07) is -0.213. The number of carbonyl (C=O) groups is 2. The number of hydrogen-bond donors (Lipinski definition) is 1. The van der Waals surface area contributed by atoms with Crippen LogP contribution in [0.15, 0.2) is 0 Å². The Labute approximate surface area is 103 Å². The monoisotopic (exact) mass is 241 g/mol. The van der Waals surface area contributed by atoms with Crippen LogP contribution in [0.4, 0.5) is 0 Å². The summed E-state index contributed by atoms with van der Waals surface area (Å²) in [5.41, 5.74) is -0.496. The number of rotatable bonds is 5. The maximum absolute atomic E-state index is 12.3. The Kier molecular flexibility index (Phi) is 4.31. The summed E-state index contributed by atoms with van der Waals surface area (Å²) >= 11 is 0. The van der Waals surface area contributed by atoms with Crippen LogP contribution in [0.2, 0.25) is 0 Å². The van der Waals surface area contributed by atoms with Crippen LogP contribution in [0.3, 0.4) is 0 Å². The molecule has 1 rings (SSSR count). The molecule has 1 fully saturated rings. The smallest absolute Gasteiger partial charge is 0.236 e. The van der Waals surface area contributed by atoms with Crippen molar-refractivity contribution >= 4 is 11.8 Å². The second kappa shape index (κ2) is 5.17. The van der Waals surface area contributed by atoms with Crippen LogP contribution in [0.5, 0.6) is 0 Å². The fourth-order valence-corrected chi connectivity index (χ4v) is 2.67. The SMILES string of the molecule is CCC1(CC)CC(=O)N(C(C)CC(C)O)C1=O. The van der Waals surface area contributed by atoms with Crippen LogP contribution >= 0.6 is 0 Å². The van der Waals surface area contributed by atoms with Crippen molar-refractivity contribution in [1.82, 2.24) is 4.90 Å². The molecule has 1 aliphatic heterocycles. The minimum absolute atomic E-state index is 0.0550. The van der Waals surface area contributed by atoms with E-state index in [1.165, 1.54) is 4.90 Å². The molecule has 0 aromatic carbocycles. The van der Waals surface area contributed by atoms with Gasteiger partial charge in [0, 0.05) is 12.5 Å². The lowest BCUT2D eigenvalue weighted by molar-refractivity contribution is -0.144. The van der Waals surface area contributed by atoms with Gasteiger partial charge in [0.2, 0.25) is 11.8 Å². The number of amides is 2. The second-order valence-electron chi connectivity index (χ2n) is 5.17. The van der Waals surface area contributed by atoms with Crippen molar-refractivity contribution in [3.05, 3.63) is 0 Å². The van der Waals surface area contributed by atoms with Crippen molar-refractivity contribution in [3.63, 3.8) is 0 Å². The first-order valence-electron chi connectivity index (χ1n) is 6.42. The van der Waals surface area contributed by atoms with Gasteiger partial charge in [0.15, 0.2) is 0 Å². The topological polar surface area (TPSA) is 57.6 Å². The van der Waals surface area contributed by atoms with Crippen molar-refractivity contribution < 1.29 is 14.7 Å². The molecule has 0 saturated carbocycles. The number of aliphatic hydroxyl groups excluding tert-OH is 1. The van der Waals surface area contributed by atoms with E-state index in [-0.39, 0.29) is 17.9 Å². The van der Waals surface area contributed by atoms with E-state index in [0.717, 1.165) is 0 Å². The summed E-state index contributed by atoms with van der Waals surface area (Å²) in [5.74, 6) is -0.146. The highest BCUT2D eigenvalue weighted by molar-refractivity contribution is 6.06. The van der Waals surface area contributed by atoms with Gasteiger partial charge in [0.25, 0.3) is 0 Å². The number of hydrogen-bond acceptors (Lipinski definition) is 3. The second-order valence-corrected chi connectivity index (χ2v) is 5.17. The number of nitrogens with zero attached hydrogens (tertiary/aromatic N) is 1. The Morgan fingerprint density at radius 2 is 1.82 bits per heavy atom. The molecule has 0 aromatic rings. The highest BCUT2D eigenvalue weighted by Gasteiger charge is 2.50. The molecule has 0 aliphatic carbocycles. The van der Waals surface area contributed by atoms with E-state index in [2.05, 4.69) is 0 Å². The van der Waals surface area contributed by atoms with E-state index in [9.17, 15) is 14.7 Å². The summed E-state index contributed by atoms with van der Waals surface area (Å²) < 4.78 is 0. The summed E-state index contributed by atoms with van der Waals surface area (Å²) in [6.45, 7) is 7.41. The largest absolute Gasteiger partial charge is 0.393 e. The van der Waals surface area contributed by atoms with Crippen molar-refractivity contribution in [2.75, 3.05) is 0 Å². The van der Waals surface area contributed by atoms with Crippen molar-refractivity contribution in [2.45, 2.75) is 65.5 Å². The van der Waals surface area contributed by atoms with Crippen molar-refractivity contribution in [3.8, 4) is 0 Å². The molecular formula is C13H23NO3. The quantitative estimate of drug-likeness (QED) is 0.745. The van der Waals surface area contributed by atoms with Gasteiger partial charge in [-0.25, -0.2) is 0 Å². The lowest BCUT2D eigenvalue weighted by atomic mass is 9.81. The molecule has 4 heteroatoms. The number of aliphatic hydroxyl groups is 1. The average molecular weight is 241 g/mol. The molecule has 1 aliphatic rings. The molecule has 0 radical (unpaired) electrons. The first-order valence-corrected chi connectivity index (χ1v) is 6.42. The predicted octanol–water partition coefficient (Wildman–Crippen LogP) is 1.71. The van der Waals surface area contributed by atoms with E-state index in [1.54, 1.807) is 6.92 Å². The first kappa shape index (κ1) is 14.2. The summed E-state index contributed by atoms with van der Waals surface area (Å²) in [7, 11) is 0. The third kappa shape index (κ3) is 2.51. The van der Waals surface area contributed by atoms with Gasteiger partial charge in [-0.15, -0.1) is 0 Å². The molecule has 17 heavy (non-hydrogen) atoms. The fourth-order valence-electron chi connectivity index (χ4n) is 2.67. The molecular weight excluding hydrogens is 218 g/mol. The third-order valence-corrected chi connectivity index (χ3v) is 3.91. The Hall–Kier alpha value is -0.900. The normalized spacial score (nSPS) is 23.0. The van der Waals surface area contributed by atoms with E-state index < -0.39 is 11.5 Å². The summed E-state index contributed by atoms with van der Waals surface area (Å²) in [6.07, 6.45) is 1.67. The lowest BCUT2D eigenvalue weighted by Crippen LogP contribution is -2.42. The van der Waals surface area contributed by atoms with Crippen molar-refractivity contribution in [2.24, 2.45) is 5.41 Å². The molecule has 1 saturated heterocycles. The predicted molar refractivity (Wildman–Crippen MR) is 65.2 cm³/mol. The molecule has 4 nitrogen and oxygen atoms in total. The third-order valence-electron chi connectivity index (χ3n) is 3.91. The lowest BCUT2D eigenvalue weighted by Gasteiger charge is -2.27. The van der Waals surface area contributed by atoms with Gasteiger partial charge in [0.1, 0.15) is 0 Å². The number of carbonyl (C=O) groups excluding carboxylic acids is 2. The van der Waals surface area contributed by atoms with Gasteiger partial charge in [0.05, 0.1) is 11.5 Å². The molecule has 0 aromatic heterocycles. The zero-order valence-corrected chi connectivity index (χ0v) is 11.2. The fraction of sp³-hybridized carbons (Fsp3) is 0.846. The minimum atomic E-state index is -0.496. The van der Waals surface area contributed by atoms with Crippen LogP contribution in [0, 0.1) is 5.41 Å². The van der Waals surface area contributed by atoms with Crippen LogP contribution in [-0.2, 0) is 9.59 Å². The Morgan fingerprint density at radius 1 is 1.29 bits per heavy atom. The van der Waals surface area contributed by atoms with Gasteiger partial charge in [-0.3, -0.25) is 14.5 Å². The summed E-state index contributed by atoms with van der Waals surface area (Å²) in [4.78, 5) is 25.7. The number of likely N-dealkylation sites (tertiary alicyclic amines) is 1. The van der Waals surface area contributed by atoms with E-state index >= 15 is 0 Å². The first-order chi connectivity index (χ1) is 7.88. The van der Waals surface area contributed by atoms with Gasteiger partial charge in [-0.2, -0.15) is 0 Å². The van der Waals surface area contributed by atoms with Gasteiger partial charge in [-0.05, 0) is 33.1 Å². The van der Waals surface area contributed by atoms with Crippen LogP contribution in [0.25, 0.3) is 0 Å². The Morgan fingerprint density at radius 3 is 2.18 bits per heavy atom. The maximum Gasteiger partial charge on any atom is 0.236 e. The number of imide groups is 1. The van der Waals surface area contributed by atoms with Gasteiger partial charge in [-0.1, -0.05) is 13.8 Å². The molecule has 98 valence electrons. The molecule has 2 amide bonds. The molecule has 1 N–H and O–H groups in total. The summed E-state index contributed by atoms with van der Waals surface area (Å²) in [5, 5.41) is 9.35. The Balaban J connectivity index is 2.89. The minimum Gasteiger partial charge on any atom is -0.393 e. The zero-order chi connectivity index (χ0) is 13.2. The molecule has 0 spiro atoms. The average Bonchev–Trinajstić information content (AvgIpc) is 2.49. The van der Waals surface area contributed by atoms with Crippen LogP contribution in [-0.4, -0.2) is 34.0 Å². The van der Waals surface area contributed by atoms with E-state index in [4.69, 9.17) is 0 Å². The van der Waals surface area contributed by atoms with Crippen molar-refractivity contribution in [1.29, 1.82) is 0 Å². The standard InChI is InChI=1S/C13H23NO3/c1-5-13(6-2)8-11(16)14(12(13)17)9(3)7-10(4)15/h9-10,15H,5-8H2,1-4H3. The molecule has 2 unspecified atom stereocenters. The highest BCUT2D eigenvalue weighted by Crippen LogP contribution is 2.40. The zero-order valence-electron chi connectivity index (χ0n) is 11.2. The Bertz CT molecular complexity index is 308. The van der Waals surface area contributed by atoms with E-state index in [0.29, 0.717) is 25.7 Å². The molecule has 1 heterocycles. The van der Waals surface area contributed by atoms with E-state index in [1.807, 2.05) is 20.8 Å². The highest BCUT2D eigenvalue weighted by atomic mass is 16.3. The van der Waals surface area contributed by atoms with Crippen LogP contribution in [0.1, 0.15) is 53.4 Å². The maximum atomic E-state index is 12.3. The van der Waals surface area contributed by atoms with Gasteiger partial charge < -0.3 is 5.11 Å². The van der Waals surface area contributed by atoms with Gasteiger partial charge >= 0.3 is 0 Å². The molecule has 2 atom stereocenters. The van der Waals surface area contributed by atoms with Crippen LogP contribution < -0.4 is 0 Å².